The number of para-hydroxylation sites is 1. The molecule has 0 spiro atoms. The van der Waals surface area contributed by atoms with Crippen molar-refractivity contribution < 1.29 is 28.6 Å². The highest BCUT2D eigenvalue weighted by atomic mass is 32.2. The number of fused-ring (bicyclic) bond motifs is 1. The van der Waals surface area contributed by atoms with Gasteiger partial charge in [0.2, 0.25) is 5.12 Å². The minimum atomic E-state index is -0.473. The summed E-state index contributed by atoms with van der Waals surface area (Å²) in [6, 6.07) is 12.2. The average molecular weight is 442 g/mol. The van der Waals surface area contributed by atoms with Crippen molar-refractivity contribution in [2.75, 3.05) is 27.0 Å². The van der Waals surface area contributed by atoms with E-state index in [0.29, 0.717) is 48.8 Å². The van der Waals surface area contributed by atoms with E-state index < -0.39 is 6.04 Å². The van der Waals surface area contributed by atoms with Crippen molar-refractivity contribution in [3.8, 4) is 17.2 Å². The standard InChI is InChI=1S/C22H22N2O6S/c1-28-18-5-2-4-16-19(18)30-13-24(20(16)25)10-3-11-29-15-8-6-14(7-9-15)12-17-21(26)31-22(27)23-17/h2,4-9,17H,3,10-13H2,1H3,(H,23,27). The van der Waals surface area contributed by atoms with Crippen LogP contribution in [0.15, 0.2) is 42.5 Å². The molecular formula is C22H22N2O6S. The van der Waals surface area contributed by atoms with Gasteiger partial charge < -0.3 is 24.4 Å². The summed E-state index contributed by atoms with van der Waals surface area (Å²) in [6.07, 6.45) is 1.11. The van der Waals surface area contributed by atoms with Crippen LogP contribution in [0.3, 0.4) is 0 Å². The highest BCUT2D eigenvalue weighted by molar-refractivity contribution is 8.26. The molecule has 2 aromatic rings. The van der Waals surface area contributed by atoms with Gasteiger partial charge in [0.05, 0.1) is 19.3 Å². The van der Waals surface area contributed by atoms with Crippen LogP contribution < -0.4 is 19.5 Å². The lowest BCUT2D eigenvalue weighted by Crippen LogP contribution is -2.39. The van der Waals surface area contributed by atoms with E-state index in [1.807, 2.05) is 24.3 Å². The first-order chi connectivity index (χ1) is 15.0. The molecule has 1 unspecified atom stereocenters. The van der Waals surface area contributed by atoms with E-state index in [-0.39, 0.29) is 23.0 Å². The Kier molecular flexibility index (Phi) is 6.31. The molecule has 8 nitrogen and oxygen atoms in total. The summed E-state index contributed by atoms with van der Waals surface area (Å²) in [4.78, 5) is 37.3. The van der Waals surface area contributed by atoms with E-state index in [0.717, 1.165) is 17.3 Å². The number of nitrogens with zero attached hydrogens (tertiary/aromatic N) is 1. The number of rotatable bonds is 8. The molecule has 9 heteroatoms. The molecule has 2 heterocycles. The van der Waals surface area contributed by atoms with E-state index in [1.54, 1.807) is 30.2 Å². The van der Waals surface area contributed by atoms with Gasteiger partial charge in [0.25, 0.3) is 11.1 Å². The molecule has 31 heavy (non-hydrogen) atoms. The van der Waals surface area contributed by atoms with Gasteiger partial charge in [-0.3, -0.25) is 14.4 Å². The molecule has 1 atom stereocenters. The monoisotopic (exact) mass is 442 g/mol. The van der Waals surface area contributed by atoms with Gasteiger partial charge in [-0.2, -0.15) is 0 Å². The summed E-state index contributed by atoms with van der Waals surface area (Å²) in [6.45, 7) is 1.13. The Bertz CT molecular complexity index is 994. The summed E-state index contributed by atoms with van der Waals surface area (Å²) in [7, 11) is 1.55. The second-order valence-electron chi connectivity index (χ2n) is 7.13. The first kappa shape index (κ1) is 21.0. The van der Waals surface area contributed by atoms with Crippen LogP contribution in [0.25, 0.3) is 0 Å². The zero-order valence-corrected chi connectivity index (χ0v) is 17.8. The molecule has 0 saturated carbocycles. The fourth-order valence-electron chi connectivity index (χ4n) is 3.46. The van der Waals surface area contributed by atoms with Gasteiger partial charge in [-0.25, -0.2) is 0 Å². The van der Waals surface area contributed by atoms with Crippen molar-refractivity contribution in [3.05, 3.63) is 53.6 Å². The van der Waals surface area contributed by atoms with Gasteiger partial charge in [0.15, 0.2) is 18.2 Å². The average Bonchev–Trinajstić information content (AvgIpc) is 3.09. The van der Waals surface area contributed by atoms with Gasteiger partial charge in [-0.05, 0) is 36.2 Å². The predicted octanol–water partition coefficient (Wildman–Crippen LogP) is 2.85. The maximum absolute atomic E-state index is 12.7. The Morgan fingerprint density at radius 3 is 2.68 bits per heavy atom. The van der Waals surface area contributed by atoms with E-state index in [1.165, 1.54) is 0 Å². The third kappa shape index (κ3) is 4.77. The van der Waals surface area contributed by atoms with Crippen LogP contribution in [0.5, 0.6) is 17.2 Å². The van der Waals surface area contributed by atoms with Gasteiger partial charge in [0.1, 0.15) is 11.8 Å². The maximum atomic E-state index is 12.7. The van der Waals surface area contributed by atoms with Crippen LogP contribution in [-0.4, -0.2) is 54.2 Å². The first-order valence-corrected chi connectivity index (χ1v) is 10.7. The zero-order valence-electron chi connectivity index (χ0n) is 17.0. The number of carbonyl (C=O) groups is 3. The summed E-state index contributed by atoms with van der Waals surface area (Å²) in [5.41, 5.74) is 1.44. The van der Waals surface area contributed by atoms with Crippen molar-refractivity contribution in [2.45, 2.75) is 18.9 Å². The van der Waals surface area contributed by atoms with Crippen LogP contribution in [0.4, 0.5) is 4.79 Å². The Labute approximate surface area is 183 Å². The quantitative estimate of drug-likeness (QED) is 0.628. The number of carbonyl (C=O) groups excluding carboxylic acids is 3. The molecule has 2 aromatic carbocycles. The van der Waals surface area contributed by atoms with Crippen LogP contribution in [0.1, 0.15) is 22.3 Å². The second kappa shape index (κ2) is 9.30. The number of amides is 2. The molecule has 1 fully saturated rings. The van der Waals surface area contributed by atoms with Crippen LogP contribution >= 0.6 is 11.8 Å². The highest BCUT2D eigenvalue weighted by Gasteiger charge is 2.31. The number of ether oxygens (including phenoxy) is 3. The fraction of sp³-hybridized carbons (Fsp3) is 0.318. The van der Waals surface area contributed by atoms with Gasteiger partial charge in [-0.1, -0.05) is 18.2 Å². The third-order valence-electron chi connectivity index (χ3n) is 5.06. The summed E-state index contributed by atoms with van der Waals surface area (Å²) in [5.74, 6) is 1.66. The molecule has 0 aromatic heterocycles. The number of thioether (sulfide) groups is 1. The largest absolute Gasteiger partial charge is 0.494 e. The summed E-state index contributed by atoms with van der Waals surface area (Å²) in [5, 5.41) is 2.20. The maximum Gasteiger partial charge on any atom is 0.287 e. The normalized spacial score (nSPS) is 17.8. The number of methoxy groups -OCH3 is 1. The first-order valence-electron chi connectivity index (χ1n) is 9.88. The number of hydrogen-bond acceptors (Lipinski definition) is 7. The lowest BCUT2D eigenvalue weighted by Gasteiger charge is -2.29. The van der Waals surface area contributed by atoms with Crippen molar-refractivity contribution in [1.29, 1.82) is 0 Å². The molecule has 0 bridgehead atoms. The van der Waals surface area contributed by atoms with Gasteiger partial charge >= 0.3 is 0 Å². The molecule has 4 rings (SSSR count). The lowest BCUT2D eigenvalue weighted by molar-refractivity contribution is -0.112. The van der Waals surface area contributed by atoms with Crippen molar-refractivity contribution >= 4 is 28.0 Å². The molecule has 2 aliphatic heterocycles. The summed E-state index contributed by atoms with van der Waals surface area (Å²) >= 11 is 0.718. The van der Waals surface area contributed by atoms with E-state index in [9.17, 15) is 14.4 Å². The Morgan fingerprint density at radius 2 is 1.97 bits per heavy atom. The van der Waals surface area contributed by atoms with Crippen molar-refractivity contribution in [3.63, 3.8) is 0 Å². The SMILES string of the molecule is COc1cccc2c1OCN(CCCOc1ccc(CC3NC(=O)SC3=O)cc1)C2=O. The third-order valence-corrected chi connectivity index (χ3v) is 5.84. The minimum absolute atomic E-state index is 0.0868. The van der Waals surface area contributed by atoms with Crippen molar-refractivity contribution in [1.82, 2.24) is 10.2 Å². The van der Waals surface area contributed by atoms with Crippen LogP contribution in [-0.2, 0) is 11.2 Å². The molecule has 1 N–H and O–H groups in total. The Balaban J connectivity index is 1.23. The highest BCUT2D eigenvalue weighted by Crippen LogP contribution is 2.34. The fourth-order valence-corrected chi connectivity index (χ4v) is 4.13. The minimum Gasteiger partial charge on any atom is -0.494 e. The molecule has 2 amide bonds. The number of hydrogen-bond donors (Lipinski definition) is 1. The topological polar surface area (TPSA) is 94.2 Å². The van der Waals surface area contributed by atoms with E-state index >= 15 is 0 Å². The van der Waals surface area contributed by atoms with Gasteiger partial charge in [-0.15, -0.1) is 0 Å². The Hall–Kier alpha value is -3.20. The van der Waals surface area contributed by atoms with E-state index in [4.69, 9.17) is 14.2 Å². The molecular weight excluding hydrogens is 420 g/mol. The zero-order chi connectivity index (χ0) is 21.8. The predicted molar refractivity (Wildman–Crippen MR) is 115 cm³/mol. The molecule has 2 aliphatic rings. The summed E-state index contributed by atoms with van der Waals surface area (Å²) < 4.78 is 16.7. The smallest absolute Gasteiger partial charge is 0.287 e. The van der Waals surface area contributed by atoms with Crippen LogP contribution in [0.2, 0.25) is 0 Å². The number of benzene rings is 2. The molecule has 0 aliphatic carbocycles. The van der Waals surface area contributed by atoms with Crippen molar-refractivity contribution in [2.24, 2.45) is 0 Å². The van der Waals surface area contributed by atoms with Crippen LogP contribution in [0, 0.1) is 0 Å². The van der Waals surface area contributed by atoms with Gasteiger partial charge in [0, 0.05) is 24.7 Å². The molecule has 0 radical (unpaired) electrons. The Morgan fingerprint density at radius 1 is 1.16 bits per heavy atom. The molecule has 162 valence electrons. The molecule has 1 saturated heterocycles. The lowest BCUT2D eigenvalue weighted by atomic mass is 10.1. The number of nitrogens with one attached hydrogen (secondary N) is 1. The van der Waals surface area contributed by atoms with E-state index in [2.05, 4.69) is 5.32 Å². The second-order valence-corrected chi connectivity index (χ2v) is 8.11.